The Hall–Kier alpha value is -3.11. The summed E-state index contributed by atoms with van der Waals surface area (Å²) in [7, 11) is 0. The van der Waals surface area contributed by atoms with Gasteiger partial charge in [-0.05, 0) is 54.3 Å². The smallest absolute Gasteiger partial charge is 0.187 e. The molecule has 4 aromatic rings. The van der Waals surface area contributed by atoms with Crippen LogP contribution in [0.1, 0.15) is 19.4 Å². The Morgan fingerprint density at radius 2 is 1.55 bits per heavy atom. The minimum atomic E-state index is 0.667. The van der Waals surface area contributed by atoms with Crippen molar-refractivity contribution in [3.8, 4) is 22.8 Å². The molecule has 0 aliphatic carbocycles. The van der Waals surface area contributed by atoms with Crippen LogP contribution in [0.4, 0.5) is 10.8 Å². The first-order valence-corrected chi connectivity index (χ1v) is 10.7. The van der Waals surface area contributed by atoms with Crippen LogP contribution in [0.3, 0.4) is 0 Å². The van der Waals surface area contributed by atoms with Crippen molar-refractivity contribution < 1.29 is 4.74 Å². The normalized spacial score (nSPS) is 10.9. The maximum atomic E-state index is 5.84. The Bertz CT molecular complexity index is 1040. The summed E-state index contributed by atoms with van der Waals surface area (Å²) in [6, 6.07) is 26.4. The van der Waals surface area contributed by atoms with Gasteiger partial charge in [-0.15, -0.1) is 11.3 Å². The number of nitrogens with one attached hydrogen (secondary N) is 1. The van der Waals surface area contributed by atoms with Gasteiger partial charge in [0.1, 0.15) is 11.5 Å². The third-order valence-electron chi connectivity index (χ3n) is 4.48. The number of ether oxygens (including phenoxy) is 1. The highest BCUT2D eigenvalue weighted by Crippen LogP contribution is 2.29. The topological polar surface area (TPSA) is 34.1 Å². The predicted octanol–water partition coefficient (Wildman–Crippen LogP) is 7.54. The lowest BCUT2D eigenvalue weighted by Gasteiger charge is -2.07. The molecule has 0 aliphatic rings. The fourth-order valence-corrected chi connectivity index (χ4v) is 3.84. The summed E-state index contributed by atoms with van der Waals surface area (Å²) >= 11 is 1.61. The van der Waals surface area contributed by atoms with Crippen LogP contribution < -0.4 is 10.1 Å². The summed E-state index contributed by atoms with van der Waals surface area (Å²) in [5, 5.41) is 6.34. The number of benzene rings is 3. The average Bonchev–Trinajstić information content (AvgIpc) is 3.19. The summed E-state index contributed by atoms with van der Waals surface area (Å²) in [5.41, 5.74) is 4.50. The van der Waals surface area contributed by atoms with Crippen LogP contribution in [0.15, 0.2) is 84.2 Å². The first-order chi connectivity index (χ1) is 14.2. The molecule has 3 nitrogen and oxygen atoms in total. The summed E-state index contributed by atoms with van der Waals surface area (Å²) in [6.45, 7) is 4.49. The minimum Gasteiger partial charge on any atom is -0.457 e. The zero-order valence-electron chi connectivity index (χ0n) is 16.6. The molecule has 0 bridgehead atoms. The van der Waals surface area contributed by atoms with Crippen LogP contribution in [-0.2, 0) is 6.42 Å². The fraction of sp³-hybridized carbons (Fsp3) is 0.160. The van der Waals surface area contributed by atoms with Crippen molar-refractivity contribution in [1.29, 1.82) is 0 Å². The van der Waals surface area contributed by atoms with Crippen molar-refractivity contribution >= 4 is 22.2 Å². The van der Waals surface area contributed by atoms with E-state index in [-0.39, 0.29) is 0 Å². The Balaban J connectivity index is 1.40. The van der Waals surface area contributed by atoms with E-state index >= 15 is 0 Å². The quantitative estimate of drug-likeness (QED) is 0.348. The van der Waals surface area contributed by atoms with E-state index < -0.39 is 0 Å². The molecule has 29 heavy (non-hydrogen) atoms. The lowest BCUT2D eigenvalue weighted by Crippen LogP contribution is -1.93. The molecule has 1 N–H and O–H groups in total. The van der Waals surface area contributed by atoms with E-state index in [0.717, 1.165) is 40.0 Å². The van der Waals surface area contributed by atoms with Crippen molar-refractivity contribution in [2.75, 3.05) is 5.32 Å². The van der Waals surface area contributed by atoms with E-state index in [1.807, 2.05) is 54.6 Å². The molecule has 3 aromatic carbocycles. The molecule has 1 aromatic heterocycles. The number of aromatic nitrogens is 1. The van der Waals surface area contributed by atoms with Crippen LogP contribution in [-0.4, -0.2) is 4.98 Å². The summed E-state index contributed by atoms with van der Waals surface area (Å²) < 4.78 is 5.84. The van der Waals surface area contributed by atoms with Gasteiger partial charge in [0.25, 0.3) is 0 Å². The zero-order valence-corrected chi connectivity index (χ0v) is 17.4. The van der Waals surface area contributed by atoms with Crippen LogP contribution in [0.2, 0.25) is 0 Å². The zero-order chi connectivity index (χ0) is 20.1. The van der Waals surface area contributed by atoms with Crippen LogP contribution >= 0.6 is 11.3 Å². The number of anilines is 2. The van der Waals surface area contributed by atoms with Gasteiger partial charge in [0.2, 0.25) is 0 Å². The monoisotopic (exact) mass is 400 g/mol. The predicted molar refractivity (Wildman–Crippen MR) is 122 cm³/mol. The molecule has 146 valence electrons. The fourth-order valence-electron chi connectivity index (χ4n) is 3.10. The van der Waals surface area contributed by atoms with Crippen molar-refractivity contribution in [2.45, 2.75) is 20.3 Å². The third kappa shape index (κ3) is 5.24. The van der Waals surface area contributed by atoms with Gasteiger partial charge in [-0.2, -0.15) is 0 Å². The van der Waals surface area contributed by atoms with Gasteiger partial charge in [0, 0.05) is 16.6 Å². The largest absolute Gasteiger partial charge is 0.457 e. The molecule has 4 rings (SSSR count). The van der Waals surface area contributed by atoms with E-state index in [1.54, 1.807) is 11.3 Å². The van der Waals surface area contributed by atoms with Gasteiger partial charge in [-0.25, -0.2) is 4.98 Å². The molecule has 0 radical (unpaired) electrons. The van der Waals surface area contributed by atoms with Crippen LogP contribution in [0.5, 0.6) is 11.5 Å². The molecule has 0 saturated carbocycles. The van der Waals surface area contributed by atoms with Gasteiger partial charge in [0.05, 0.1) is 5.69 Å². The standard InChI is InChI=1S/C25H24N2OS/c1-18(2)16-19-8-10-20(11-9-19)24-17-29-25(27-24)26-21-12-14-23(15-13-21)28-22-6-4-3-5-7-22/h3-15,17-18H,16H2,1-2H3,(H,26,27). The first kappa shape index (κ1) is 19.2. The molecule has 0 aliphatic heterocycles. The number of hydrogen-bond donors (Lipinski definition) is 1. The summed E-state index contributed by atoms with van der Waals surface area (Å²) in [6.07, 6.45) is 1.11. The SMILES string of the molecule is CC(C)Cc1ccc(-c2csc(Nc3ccc(Oc4ccccc4)cc3)n2)cc1. The van der Waals surface area contributed by atoms with Gasteiger partial charge in [-0.3, -0.25) is 0 Å². The average molecular weight is 401 g/mol. The van der Waals surface area contributed by atoms with E-state index in [1.165, 1.54) is 5.56 Å². The molecule has 0 atom stereocenters. The lowest BCUT2D eigenvalue weighted by atomic mass is 10.0. The number of thiazole rings is 1. The highest BCUT2D eigenvalue weighted by molar-refractivity contribution is 7.14. The third-order valence-corrected chi connectivity index (χ3v) is 5.24. The molecule has 0 spiro atoms. The van der Waals surface area contributed by atoms with Crippen LogP contribution in [0, 0.1) is 5.92 Å². The maximum absolute atomic E-state index is 5.84. The van der Waals surface area contributed by atoms with E-state index in [9.17, 15) is 0 Å². The van der Waals surface area contributed by atoms with Crippen molar-refractivity contribution in [3.05, 3.63) is 89.8 Å². The highest BCUT2D eigenvalue weighted by Gasteiger charge is 2.06. The molecule has 0 fully saturated rings. The van der Waals surface area contributed by atoms with Crippen molar-refractivity contribution in [3.63, 3.8) is 0 Å². The summed E-state index contributed by atoms with van der Waals surface area (Å²) in [5.74, 6) is 2.31. The van der Waals surface area contributed by atoms with Gasteiger partial charge in [-0.1, -0.05) is 56.3 Å². The second-order valence-corrected chi connectivity index (χ2v) is 8.26. The second-order valence-electron chi connectivity index (χ2n) is 7.40. The number of nitrogens with zero attached hydrogens (tertiary/aromatic N) is 1. The first-order valence-electron chi connectivity index (χ1n) is 9.80. The maximum Gasteiger partial charge on any atom is 0.187 e. The number of para-hydroxylation sites is 1. The van der Waals surface area contributed by atoms with E-state index in [2.05, 4.69) is 48.8 Å². The summed E-state index contributed by atoms with van der Waals surface area (Å²) in [4.78, 5) is 4.73. The molecule has 0 unspecified atom stereocenters. The Morgan fingerprint density at radius 1 is 0.862 bits per heavy atom. The molecular weight excluding hydrogens is 376 g/mol. The van der Waals surface area contributed by atoms with E-state index in [4.69, 9.17) is 9.72 Å². The minimum absolute atomic E-state index is 0.667. The second kappa shape index (κ2) is 8.93. The Labute approximate surface area is 176 Å². The number of hydrogen-bond acceptors (Lipinski definition) is 4. The lowest BCUT2D eigenvalue weighted by molar-refractivity contribution is 0.483. The molecular formula is C25H24N2OS. The van der Waals surface area contributed by atoms with E-state index in [0.29, 0.717) is 5.92 Å². The van der Waals surface area contributed by atoms with Crippen LogP contribution in [0.25, 0.3) is 11.3 Å². The number of rotatable bonds is 7. The van der Waals surface area contributed by atoms with Gasteiger partial charge < -0.3 is 10.1 Å². The Kier molecular flexibility index (Phi) is 5.92. The molecule has 0 amide bonds. The molecule has 4 heteroatoms. The van der Waals surface area contributed by atoms with Crippen molar-refractivity contribution in [1.82, 2.24) is 4.98 Å². The molecule has 0 saturated heterocycles. The van der Waals surface area contributed by atoms with Gasteiger partial charge >= 0.3 is 0 Å². The van der Waals surface area contributed by atoms with Crippen molar-refractivity contribution in [2.24, 2.45) is 5.92 Å². The Morgan fingerprint density at radius 3 is 2.24 bits per heavy atom. The molecule has 1 heterocycles. The van der Waals surface area contributed by atoms with Gasteiger partial charge in [0.15, 0.2) is 5.13 Å². The highest BCUT2D eigenvalue weighted by atomic mass is 32.1.